The first-order valence-corrected chi connectivity index (χ1v) is 32.4. The summed E-state index contributed by atoms with van der Waals surface area (Å²) < 4.78 is 16.9. The molecular formula is C69H122O6. The summed E-state index contributed by atoms with van der Waals surface area (Å²) in [6, 6.07) is 0. The Hall–Kier alpha value is -3.15. The minimum Gasteiger partial charge on any atom is -0.462 e. The first-order chi connectivity index (χ1) is 37.0. The summed E-state index contributed by atoms with van der Waals surface area (Å²) in [7, 11) is 0. The molecule has 0 aromatic carbocycles. The van der Waals surface area contributed by atoms with Crippen molar-refractivity contribution in [1.82, 2.24) is 0 Å². The number of carbonyl (C=O) groups is 3. The molecule has 0 N–H and O–H groups in total. The van der Waals surface area contributed by atoms with E-state index in [4.69, 9.17) is 14.2 Å². The molecule has 0 aliphatic heterocycles. The maximum atomic E-state index is 12.9. The van der Waals surface area contributed by atoms with Crippen molar-refractivity contribution >= 4 is 17.9 Å². The average molecular weight is 1050 g/mol. The molecule has 0 radical (unpaired) electrons. The Labute approximate surface area is 465 Å². The predicted octanol–water partition coefficient (Wildman–Crippen LogP) is 22.1. The van der Waals surface area contributed by atoms with Gasteiger partial charge >= 0.3 is 17.9 Å². The molecule has 0 heterocycles. The minimum absolute atomic E-state index is 0.0803. The highest BCUT2D eigenvalue weighted by atomic mass is 16.6. The molecule has 434 valence electrons. The number of rotatable bonds is 59. The molecule has 0 fully saturated rings. The number of hydrogen-bond acceptors (Lipinski definition) is 6. The fraction of sp³-hybridized carbons (Fsp3) is 0.783. The van der Waals surface area contributed by atoms with Gasteiger partial charge in [-0.2, -0.15) is 0 Å². The van der Waals surface area contributed by atoms with Crippen molar-refractivity contribution < 1.29 is 28.6 Å². The summed E-state index contributed by atoms with van der Waals surface area (Å²) in [4.78, 5) is 38.3. The van der Waals surface area contributed by atoms with Crippen LogP contribution in [0, 0.1) is 0 Å². The normalized spacial score (nSPS) is 12.5. The highest BCUT2D eigenvalue weighted by Crippen LogP contribution is 2.17. The number of unbranched alkanes of at least 4 members (excludes halogenated alkanes) is 36. The van der Waals surface area contributed by atoms with Crippen molar-refractivity contribution in [2.45, 2.75) is 335 Å². The van der Waals surface area contributed by atoms with Gasteiger partial charge in [-0.25, -0.2) is 0 Å². The van der Waals surface area contributed by atoms with Crippen LogP contribution in [0.15, 0.2) is 72.9 Å². The molecule has 0 aliphatic rings. The first-order valence-electron chi connectivity index (χ1n) is 32.4. The maximum Gasteiger partial charge on any atom is 0.306 e. The van der Waals surface area contributed by atoms with Crippen LogP contribution in [0.2, 0.25) is 0 Å². The Bertz CT molecular complexity index is 1390. The quantitative estimate of drug-likeness (QED) is 0.0261. The summed E-state index contributed by atoms with van der Waals surface area (Å²) in [5.74, 6) is -0.885. The Morgan fingerprint density at radius 1 is 0.280 bits per heavy atom. The first kappa shape index (κ1) is 71.8. The summed E-state index contributed by atoms with van der Waals surface area (Å²) in [6.07, 6.45) is 82.0. The zero-order chi connectivity index (χ0) is 54.3. The van der Waals surface area contributed by atoms with Crippen LogP contribution in [-0.2, 0) is 28.6 Å². The molecule has 6 heteroatoms. The standard InChI is InChI=1S/C69H122O6/c1-4-7-10-13-16-19-22-24-26-28-30-32-33-34-35-37-38-40-42-44-47-50-53-56-59-62-68(71)74-65-66(64-73-67(70)61-58-55-52-49-46-21-18-15-12-9-6-3)75-69(72)63-60-57-54-51-48-45-43-41-39-36-31-29-27-25-23-20-17-14-11-8-5-2/h8,11,17,20,25,27-28,30-31,36,41,43,66H,4-7,9-10,12-16,18-19,21-24,26,29,32-35,37-40,42,44-65H2,1-3H3/b11-8-,20-17-,27-25-,30-28-,36-31-,43-41-. The molecule has 0 spiro atoms. The van der Waals surface area contributed by atoms with Gasteiger partial charge in [-0.1, -0.05) is 293 Å². The smallest absolute Gasteiger partial charge is 0.306 e. The summed E-state index contributed by atoms with van der Waals surface area (Å²) in [5.41, 5.74) is 0. The third kappa shape index (κ3) is 61.6. The Morgan fingerprint density at radius 2 is 0.520 bits per heavy atom. The molecule has 0 rings (SSSR count). The highest BCUT2D eigenvalue weighted by Gasteiger charge is 2.19. The van der Waals surface area contributed by atoms with Crippen LogP contribution in [0.1, 0.15) is 329 Å². The van der Waals surface area contributed by atoms with Crippen molar-refractivity contribution in [2.24, 2.45) is 0 Å². The molecule has 0 aliphatic carbocycles. The molecule has 1 atom stereocenters. The number of esters is 3. The van der Waals surface area contributed by atoms with Gasteiger partial charge in [-0.05, 0) is 89.9 Å². The van der Waals surface area contributed by atoms with Crippen molar-refractivity contribution in [3.05, 3.63) is 72.9 Å². The Morgan fingerprint density at radius 3 is 0.827 bits per heavy atom. The molecule has 0 aromatic rings. The van der Waals surface area contributed by atoms with E-state index in [1.54, 1.807) is 0 Å². The zero-order valence-electron chi connectivity index (χ0n) is 49.8. The van der Waals surface area contributed by atoms with Gasteiger partial charge in [0.25, 0.3) is 0 Å². The lowest BCUT2D eigenvalue weighted by molar-refractivity contribution is -0.167. The molecule has 0 saturated heterocycles. The van der Waals surface area contributed by atoms with E-state index in [-0.39, 0.29) is 31.1 Å². The SMILES string of the molecule is CC/C=C\C/C=C\C/C=C\C/C=C\C/C=C\CCCCCCCC(=O)OC(COC(=O)CCCCCCCCCCCCC)COC(=O)CCCCCCCCCCCCCCC/C=C\CCCCCCCCCC. The van der Waals surface area contributed by atoms with Crippen molar-refractivity contribution in [2.75, 3.05) is 13.2 Å². The lowest BCUT2D eigenvalue weighted by atomic mass is 10.0. The van der Waals surface area contributed by atoms with E-state index in [0.717, 1.165) is 109 Å². The van der Waals surface area contributed by atoms with E-state index in [1.807, 2.05) is 0 Å². The molecule has 0 bridgehead atoms. The number of carbonyl (C=O) groups excluding carboxylic acids is 3. The molecule has 6 nitrogen and oxygen atoms in total. The number of ether oxygens (including phenoxy) is 3. The number of allylic oxidation sites excluding steroid dienone is 12. The van der Waals surface area contributed by atoms with Crippen molar-refractivity contribution in [3.8, 4) is 0 Å². The average Bonchev–Trinajstić information content (AvgIpc) is 3.41. The molecule has 75 heavy (non-hydrogen) atoms. The van der Waals surface area contributed by atoms with Gasteiger partial charge in [0.05, 0.1) is 0 Å². The second-order valence-electron chi connectivity index (χ2n) is 21.6. The van der Waals surface area contributed by atoms with E-state index >= 15 is 0 Å². The van der Waals surface area contributed by atoms with E-state index in [2.05, 4.69) is 93.7 Å². The summed E-state index contributed by atoms with van der Waals surface area (Å²) in [6.45, 7) is 6.54. The lowest BCUT2D eigenvalue weighted by Crippen LogP contribution is -2.30. The second-order valence-corrected chi connectivity index (χ2v) is 21.6. The van der Waals surface area contributed by atoms with Crippen LogP contribution >= 0.6 is 0 Å². The minimum atomic E-state index is -0.785. The third-order valence-electron chi connectivity index (χ3n) is 14.2. The Balaban J connectivity index is 4.28. The van der Waals surface area contributed by atoms with Crippen molar-refractivity contribution in [1.29, 1.82) is 0 Å². The third-order valence-corrected chi connectivity index (χ3v) is 14.2. The summed E-state index contributed by atoms with van der Waals surface area (Å²) >= 11 is 0. The lowest BCUT2D eigenvalue weighted by Gasteiger charge is -2.18. The molecular weight excluding hydrogens is 925 g/mol. The maximum absolute atomic E-state index is 12.9. The van der Waals surface area contributed by atoms with Crippen LogP contribution in [0.25, 0.3) is 0 Å². The second kappa shape index (κ2) is 63.4. The van der Waals surface area contributed by atoms with Crippen molar-refractivity contribution in [3.63, 3.8) is 0 Å². The van der Waals surface area contributed by atoms with Crippen LogP contribution in [0.5, 0.6) is 0 Å². The van der Waals surface area contributed by atoms with E-state index in [0.29, 0.717) is 19.3 Å². The Kier molecular flexibility index (Phi) is 60.7. The molecule has 0 amide bonds. The topological polar surface area (TPSA) is 78.9 Å². The van der Waals surface area contributed by atoms with E-state index in [1.165, 1.54) is 180 Å². The van der Waals surface area contributed by atoms with Gasteiger partial charge in [-0.15, -0.1) is 0 Å². The van der Waals surface area contributed by atoms with Crippen LogP contribution in [-0.4, -0.2) is 37.2 Å². The monoisotopic (exact) mass is 1050 g/mol. The highest BCUT2D eigenvalue weighted by molar-refractivity contribution is 5.71. The van der Waals surface area contributed by atoms with Gasteiger partial charge in [0.15, 0.2) is 6.10 Å². The summed E-state index contributed by atoms with van der Waals surface area (Å²) in [5, 5.41) is 0. The molecule has 0 saturated carbocycles. The van der Waals surface area contributed by atoms with Gasteiger partial charge in [0.1, 0.15) is 13.2 Å². The fourth-order valence-electron chi connectivity index (χ4n) is 9.35. The van der Waals surface area contributed by atoms with Crippen LogP contribution in [0.3, 0.4) is 0 Å². The van der Waals surface area contributed by atoms with Gasteiger partial charge in [0, 0.05) is 19.3 Å². The number of hydrogen-bond donors (Lipinski definition) is 0. The van der Waals surface area contributed by atoms with E-state index < -0.39 is 6.10 Å². The molecule has 0 aromatic heterocycles. The predicted molar refractivity (Wildman–Crippen MR) is 325 cm³/mol. The van der Waals surface area contributed by atoms with Crippen LogP contribution < -0.4 is 0 Å². The zero-order valence-corrected chi connectivity index (χ0v) is 49.8. The largest absolute Gasteiger partial charge is 0.462 e. The van der Waals surface area contributed by atoms with Gasteiger partial charge in [-0.3, -0.25) is 14.4 Å². The fourth-order valence-corrected chi connectivity index (χ4v) is 9.35. The van der Waals surface area contributed by atoms with Gasteiger partial charge in [0.2, 0.25) is 0 Å². The van der Waals surface area contributed by atoms with Crippen LogP contribution in [0.4, 0.5) is 0 Å². The molecule has 1 unspecified atom stereocenters. The van der Waals surface area contributed by atoms with E-state index in [9.17, 15) is 14.4 Å². The van der Waals surface area contributed by atoms with Gasteiger partial charge < -0.3 is 14.2 Å².